The van der Waals surface area contributed by atoms with Crippen LogP contribution in [0.15, 0.2) is 139 Å². The average molecular weight is 565 g/mol. The van der Waals surface area contributed by atoms with Crippen LogP contribution < -0.4 is 10.4 Å². The van der Waals surface area contributed by atoms with Gasteiger partial charge in [-0.3, -0.25) is 0 Å². The minimum Gasteiger partial charge on any atom is -0.0651 e. The molecule has 43 heavy (non-hydrogen) atoms. The molecule has 9 rings (SSSR count). The first-order chi connectivity index (χ1) is 21.3. The smallest absolute Gasteiger partial charge is 0.0651 e. The summed E-state index contributed by atoms with van der Waals surface area (Å²) in [6.45, 7) is 2.34. The topological polar surface area (TPSA) is 0 Å². The van der Waals surface area contributed by atoms with Gasteiger partial charge in [-0.15, -0.1) is 0 Å². The number of hydrogen-bond acceptors (Lipinski definition) is 0. The van der Waals surface area contributed by atoms with E-state index in [0.717, 1.165) is 6.42 Å². The van der Waals surface area contributed by atoms with Crippen LogP contribution >= 0.6 is 0 Å². The summed E-state index contributed by atoms with van der Waals surface area (Å²) in [6.07, 6.45) is 4.91. The molecule has 2 heterocycles. The van der Waals surface area contributed by atoms with Crippen molar-refractivity contribution >= 4 is 25.2 Å². The molecular weight excluding hydrogens is 533 g/mol. The predicted molar refractivity (Wildman–Crippen MR) is 186 cm³/mol. The van der Waals surface area contributed by atoms with Gasteiger partial charge >= 0.3 is 0 Å². The minimum atomic E-state index is -1.60. The van der Waals surface area contributed by atoms with Crippen molar-refractivity contribution in [1.29, 1.82) is 0 Å². The standard InChI is InChI=1S/C42H32Si/c1-2-12-30-23-29-21-22-35-37-19-11-18-36-34-17-9-10-20-38(34)43(42(36)37)41(30)40(29)39(35)33-25-31(27-13-5-3-6-14-27)24-32(26-33)28-15-7-4-8-16-28/h3-11,13-26,41,43H,2,12H2,1H3. The summed E-state index contributed by atoms with van der Waals surface area (Å²) in [5.41, 5.74) is 18.8. The molecule has 0 spiro atoms. The van der Waals surface area contributed by atoms with Crippen molar-refractivity contribution < 1.29 is 0 Å². The maximum atomic E-state index is 2.57. The zero-order chi connectivity index (χ0) is 28.5. The highest BCUT2D eigenvalue weighted by Crippen LogP contribution is 2.53. The molecule has 2 aliphatic heterocycles. The molecule has 0 nitrogen and oxygen atoms in total. The second-order valence-corrected chi connectivity index (χ2v) is 15.1. The normalized spacial score (nSPS) is 16.8. The lowest BCUT2D eigenvalue weighted by Crippen LogP contribution is -2.44. The third-order valence-electron chi connectivity index (χ3n) is 9.93. The van der Waals surface area contributed by atoms with E-state index in [9.17, 15) is 0 Å². The predicted octanol–water partition coefficient (Wildman–Crippen LogP) is 9.51. The maximum Gasteiger partial charge on any atom is 0.116 e. The number of fused-ring (bicyclic) bond motifs is 6. The van der Waals surface area contributed by atoms with E-state index < -0.39 is 8.80 Å². The van der Waals surface area contributed by atoms with Gasteiger partial charge in [0, 0.05) is 5.54 Å². The lowest BCUT2D eigenvalue weighted by atomic mass is 9.85. The molecule has 0 N–H and O–H groups in total. The Labute approximate surface area is 255 Å². The highest BCUT2D eigenvalue weighted by Gasteiger charge is 2.45. The molecule has 6 aromatic carbocycles. The first-order valence-corrected chi connectivity index (χ1v) is 17.5. The third kappa shape index (κ3) is 3.68. The minimum absolute atomic E-state index is 0.483. The van der Waals surface area contributed by atoms with Gasteiger partial charge in [0.05, 0.1) is 0 Å². The Morgan fingerprint density at radius 2 is 1.14 bits per heavy atom. The fraction of sp³-hybridized carbons (Fsp3) is 0.0952. The van der Waals surface area contributed by atoms with E-state index in [1.165, 1.54) is 67.6 Å². The summed E-state index contributed by atoms with van der Waals surface area (Å²) in [7, 11) is -1.60. The van der Waals surface area contributed by atoms with Crippen LogP contribution in [0.2, 0.25) is 0 Å². The fourth-order valence-corrected chi connectivity index (χ4v) is 12.7. The molecule has 3 aliphatic rings. The monoisotopic (exact) mass is 564 g/mol. The van der Waals surface area contributed by atoms with Crippen LogP contribution in [0, 0.1) is 0 Å². The van der Waals surface area contributed by atoms with Crippen molar-refractivity contribution in [2.75, 3.05) is 0 Å². The van der Waals surface area contributed by atoms with E-state index in [0.29, 0.717) is 5.54 Å². The molecule has 6 aromatic rings. The number of allylic oxidation sites excluding steroid dienone is 1. The van der Waals surface area contributed by atoms with Gasteiger partial charge in [0.1, 0.15) is 8.80 Å². The first-order valence-electron chi connectivity index (χ1n) is 15.7. The van der Waals surface area contributed by atoms with Crippen LogP contribution in [-0.4, -0.2) is 8.80 Å². The Kier molecular flexibility index (Phi) is 5.58. The highest BCUT2D eigenvalue weighted by atomic mass is 28.3. The maximum absolute atomic E-state index is 2.57. The Morgan fingerprint density at radius 3 is 1.84 bits per heavy atom. The highest BCUT2D eigenvalue weighted by molar-refractivity contribution is 6.92. The molecule has 0 amide bonds. The van der Waals surface area contributed by atoms with Crippen molar-refractivity contribution in [3.63, 3.8) is 0 Å². The third-order valence-corrected chi connectivity index (χ3v) is 13.8. The van der Waals surface area contributed by atoms with Gasteiger partial charge in [0.2, 0.25) is 0 Å². The Hall–Kier alpha value is -4.72. The van der Waals surface area contributed by atoms with E-state index in [4.69, 9.17) is 0 Å². The van der Waals surface area contributed by atoms with E-state index in [2.05, 4.69) is 146 Å². The van der Waals surface area contributed by atoms with Crippen LogP contribution in [0.1, 0.15) is 36.4 Å². The average Bonchev–Trinajstić information content (AvgIpc) is 3.57. The number of hydrogen-bond donors (Lipinski definition) is 0. The first kappa shape index (κ1) is 24.8. The Bertz CT molecular complexity index is 2030. The van der Waals surface area contributed by atoms with Crippen molar-refractivity contribution in [3.8, 4) is 55.6 Å². The van der Waals surface area contributed by atoms with Gasteiger partial charge in [-0.05, 0) is 102 Å². The molecule has 0 aromatic heterocycles. The summed E-state index contributed by atoms with van der Waals surface area (Å²) in [5, 5.41) is 3.29. The summed E-state index contributed by atoms with van der Waals surface area (Å²) in [6, 6.07) is 50.4. The largest absolute Gasteiger partial charge is 0.116 e. The van der Waals surface area contributed by atoms with Crippen LogP contribution in [-0.2, 0) is 0 Å². The molecule has 2 bridgehead atoms. The van der Waals surface area contributed by atoms with Crippen LogP contribution in [0.5, 0.6) is 0 Å². The van der Waals surface area contributed by atoms with E-state index in [-0.39, 0.29) is 0 Å². The van der Waals surface area contributed by atoms with Gasteiger partial charge in [-0.25, -0.2) is 0 Å². The molecule has 2 atom stereocenters. The summed E-state index contributed by atoms with van der Waals surface area (Å²) in [5.74, 6) is 0. The van der Waals surface area contributed by atoms with Gasteiger partial charge in [0.15, 0.2) is 0 Å². The number of benzene rings is 6. The summed E-state index contributed by atoms with van der Waals surface area (Å²) < 4.78 is 0. The summed E-state index contributed by atoms with van der Waals surface area (Å²) >= 11 is 0. The van der Waals surface area contributed by atoms with Crippen LogP contribution in [0.4, 0.5) is 0 Å². The molecule has 0 saturated carbocycles. The van der Waals surface area contributed by atoms with Crippen molar-refractivity contribution in [3.05, 3.63) is 150 Å². The van der Waals surface area contributed by atoms with Crippen LogP contribution in [0.25, 0.3) is 61.7 Å². The van der Waals surface area contributed by atoms with Crippen molar-refractivity contribution in [2.45, 2.75) is 25.3 Å². The lowest BCUT2D eigenvalue weighted by molar-refractivity contribution is 0.871. The second-order valence-electron chi connectivity index (χ2n) is 12.3. The second kappa shape index (κ2) is 9.66. The zero-order valence-corrected chi connectivity index (χ0v) is 25.5. The number of rotatable bonds is 5. The SMILES string of the molecule is CCCC1=Cc2ccc3c(-c4cc(-c5ccccc5)cc(-c5ccccc5)c4)c2C1[SiH]1c2ccccc2-c2cccc-3c21. The van der Waals surface area contributed by atoms with Crippen LogP contribution in [0.3, 0.4) is 0 Å². The summed E-state index contributed by atoms with van der Waals surface area (Å²) in [4.78, 5) is 0. The molecule has 204 valence electrons. The van der Waals surface area contributed by atoms with E-state index in [1.807, 2.05) is 0 Å². The lowest BCUT2D eigenvalue weighted by Gasteiger charge is -2.25. The van der Waals surface area contributed by atoms with E-state index in [1.54, 1.807) is 21.5 Å². The van der Waals surface area contributed by atoms with Gasteiger partial charge in [-0.1, -0.05) is 140 Å². The van der Waals surface area contributed by atoms with Gasteiger partial charge in [-0.2, -0.15) is 0 Å². The Balaban J connectivity index is 1.38. The molecule has 0 saturated heterocycles. The molecular formula is C42H32Si. The molecule has 0 radical (unpaired) electrons. The quantitative estimate of drug-likeness (QED) is 0.183. The van der Waals surface area contributed by atoms with Crippen molar-refractivity contribution in [2.24, 2.45) is 0 Å². The van der Waals surface area contributed by atoms with Gasteiger partial charge in [0.25, 0.3) is 0 Å². The van der Waals surface area contributed by atoms with Gasteiger partial charge < -0.3 is 0 Å². The molecule has 2 unspecified atom stereocenters. The molecule has 0 fully saturated rings. The fourth-order valence-electron chi connectivity index (χ4n) is 8.26. The Morgan fingerprint density at radius 1 is 0.535 bits per heavy atom. The van der Waals surface area contributed by atoms with Crippen molar-refractivity contribution in [1.82, 2.24) is 0 Å². The zero-order valence-electron chi connectivity index (χ0n) is 24.3. The molecule has 1 heteroatoms. The van der Waals surface area contributed by atoms with E-state index >= 15 is 0 Å². The molecule has 1 aliphatic carbocycles.